The first kappa shape index (κ1) is 9.36. The summed E-state index contributed by atoms with van der Waals surface area (Å²) in [6.45, 7) is 0. The van der Waals surface area contributed by atoms with Crippen molar-refractivity contribution in [2.24, 2.45) is 0 Å². The van der Waals surface area contributed by atoms with Crippen LogP contribution in [0.4, 0.5) is 0 Å². The van der Waals surface area contributed by atoms with E-state index in [-0.39, 0.29) is 0 Å². The lowest BCUT2D eigenvalue weighted by Crippen LogP contribution is -2.20. The van der Waals surface area contributed by atoms with E-state index in [4.69, 9.17) is 10.7 Å². The van der Waals surface area contributed by atoms with Crippen molar-refractivity contribution in [3.8, 4) is 0 Å². The van der Waals surface area contributed by atoms with Crippen LogP contribution in [0.25, 0.3) is 0 Å². The molecule has 0 atom stereocenters. The van der Waals surface area contributed by atoms with E-state index in [1.807, 2.05) is 0 Å². The number of rotatable bonds is 3. The Kier molecular flexibility index (Phi) is 2.08. The van der Waals surface area contributed by atoms with Crippen LogP contribution < -0.4 is 0 Å². The highest BCUT2D eigenvalue weighted by atomic mass is 35.7. The van der Waals surface area contributed by atoms with Crippen LogP contribution in [0.1, 0.15) is 17.7 Å². The molecule has 13 heavy (non-hydrogen) atoms. The molecule has 2 rings (SSSR count). The fourth-order valence-corrected chi connectivity index (χ4v) is 3.50. The lowest BCUT2D eigenvalue weighted by Gasteiger charge is -2.07. The first-order chi connectivity index (χ1) is 6.04. The number of hydrogen-bond acceptors (Lipinski definition) is 5. The molecule has 0 bridgehead atoms. The van der Waals surface area contributed by atoms with E-state index in [9.17, 15) is 8.42 Å². The maximum Gasteiger partial charge on any atom is 0.238 e. The average Bonchev–Trinajstić information content (AvgIpc) is 2.59. The molecule has 0 aliphatic heterocycles. The highest BCUT2D eigenvalue weighted by Crippen LogP contribution is 2.48. The van der Waals surface area contributed by atoms with E-state index < -0.39 is 13.8 Å². The summed E-state index contributed by atoms with van der Waals surface area (Å²) in [6.07, 6.45) is 3.34. The van der Waals surface area contributed by atoms with Crippen molar-refractivity contribution in [3.05, 3.63) is 11.1 Å². The van der Waals surface area contributed by atoms with E-state index in [1.54, 1.807) is 6.20 Å². The van der Waals surface area contributed by atoms with Crippen LogP contribution in [-0.2, 0) is 15.5 Å². The number of hydrogen-bond donors (Lipinski definition) is 0. The molecule has 1 heterocycles. The third-order valence-corrected chi connectivity index (χ3v) is 5.46. The first-order valence-corrected chi connectivity index (χ1v) is 6.82. The molecule has 1 aliphatic carbocycles. The summed E-state index contributed by atoms with van der Waals surface area (Å²) in [5.74, 6) is 0. The molecule has 72 valence electrons. The second-order valence-corrected chi connectivity index (χ2v) is 7.01. The molecule has 1 fully saturated rings. The van der Waals surface area contributed by atoms with Crippen LogP contribution in [0.5, 0.6) is 0 Å². The summed E-state index contributed by atoms with van der Waals surface area (Å²) in [5.41, 5.74) is 0. The molecule has 0 radical (unpaired) electrons. The number of nitrogens with zero attached hydrogens (tertiary/aromatic N) is 2. The smallest absolute Gasteiger partial charge is 0.212 e. The molecule has 0 unspecified atom stereocenters. The quantitative estimate of drug-likeness (QED) is 0.742. The van der Waals surface area contributed by atoms with Crippen LogP contribution in [0, 0.1) is 0 Å². The Hall–Kier alpha value is -0.200. The zero-order valence-corrected chi connectivity index (χ0v) is 8.99. The average molecular weight is 239 g/mol. The molecule has 0 amide bonds. The third-order valence-electron chi connectivity index (χ3n) is 2.23. The molecule has 1 saturated carbocycles. The van der Waals surface area contributed by atoms with Gasteiger partial charge in [-0.15, -0.1) is 5.10 Å². The van der Waals surface area contributed by atoms with Gasteiger partial charge in [0.2, 0.25) is 9.05 Å². The Morgan fingerprint density at radius 3 is 2.69 bits per heavy atom. The van der Waals surface area contributed by atoms with E-state index >= 15 is 0 Å². The number of aromatic nitrogens is 2. The summed E-state index contributed by atoms with van der Waals surface area (Å²) in [5, 5.41) is 3.65. The van der Waals surface area contributed by atoms with Crippen molar-refractivity contribution in [1.29, 1.82) is 0 Å². The maximum atomic E-state index is 11.2. The van der Waals surface area contributed by atoms with Crippen molar-refractivity contribution >= 4 is 31.3 Å². The normalized spacial score (nSPS) is 20.1. The zero-order valence-electron chi connectivity index (χ0n) is 6.60. The second kappa shape index (κ2) is 2.90. The maximum absolute atomic E-state index is 11.2. The molecular weight excluding hydrogens is 232 g/mol. The summed E-state index contributed by atoms with van der Waals surface area (Å²) < 4.78 is 25.3. The summed E-state index contributed by atoms with van der Waals surface area (Å²) >= 11 is 1.22. The molecule has 1 aromatic heterocycles. The molecule has 1 aromatic rings. The van der Waals surface area contributed by atoms with Gasteiger partial charge in [-0.1, -0.05) is 4.49 Å². The van der Waals surface area contributed by atoms with Gasteiger partial charge in [0.05, 0.1) is 10.9 Å². The molecular formula is C6H7ClN2O2S2. The van der Waals surface area contributed by atoms with Gasteiger partial charge in [0.1, 0.15) is 0 Å². The van der Waals surface area contributed by atoms with Crippen LogP contribution in [0.3, 0.4) is 0 Å². The number of halogens is 1. The zero-order chi connectivity index (χ0) is 9.53. The molecule has 0 spiro atoms. The van der Waals surface area contributed by atoms with Gasteiger partial charge >= 0.3 is 0 Å². The van der Waals surface area contributed by atoms with E-state index in [0.717, 1.165) is 4.88 Å². The fourth-order valence-electron chi connectivity index (χ4n) is 1.23. The van der Waals surface area contributed by atoms with E-state index in [2.05, 4.69) is 9.59 Å². The Morgan fingerprint density at radius 2 is 2.31 bits per heavy atom. The van der Waals surface area contributed by atoms with Crippen molar-refractivity contribution in [3.63, 3.8) is 0 Å². The third kappa shape index (κ3) is 1.70. The standard InChI is InChI=1S/C6H7ClN2O2S2/c7-13(10,11)6(1-2-6)3-5-4-8-9-12-5/h4H,1-3H2. The minimum absolute atomic E-state index is 0.455. The van der Waals surface area contributed by atoms with Crippen molar-refractivity contribution in [1.82, 2.24) is 9.59 Å². The van der Waals surface area contributed by atoms with E-state index in [1.165, 1.54) is 11.5 Å². The van der Waals surface area contributed by atoms with Gasteiger partial charge in [-0.2, -0.15) is 0 Å². The second-order valence-electron chi connectivity index (χ2n) is 3.18. The van der Waals surface area contributed by atoms with Crippen molar-refractivity contribution in [2.75, 3.05) is 0 Å². The fraction of sp³-hybridized carbons (Fsp3) is 0.667. The van der Waals surface area contributed by atoms with Crippen LogP contribution in [0.15, 0.2) is 6.20 Å². The van der Waals surface area contributed by atoms with Gasteiger partial charge in [-0.3, -0.25) is 0 Å². The van der Waals surface area contributed by atoms with E-state index in [0.29, 0.717) is 19.3 Å². The highest BCUT2D eigenvalue weighted by Gasteiger charge is 2.53. The van der Waals surface area contributed by atoms with Crippen LogP contribution in [-0.4, -0.2) is 22.8 Å². The molecule has 4 nitrogen and oxygen atoms in total. The molecule has 0 N–H and O–H groups in total. The SMILES string of the molecule is O=S(=O)(Cl)C1(Cc2cnns2)CC1. The summed E-state index contributed by atoms with van der Waals surface area (Å²) in [6, 6.07) is 0. The Balaban J connectivity index is 2.20. The van der Waals surface area contributed by atoms with Gasteiger partial charge in [0, 0.05) is 22.0 Å². The summed E-state index contributed by atoms with van der Waals surface area (Å²) in [7, 11) is 1.90. The van der Waals surface area contributed by atoms with Gasteiger partial charge in [0.25, 0.3) is 0 Å². The van der Waals surface area contributed by atoms with Gasteiger partial charge in [-0.05, 0) is 24.4 Å². The largest absolute Gasteiger partial charge is 0.238 e. The minimum atomic E-state index is -3.44. The predicted molar refractivity (Wildman–Crippen MR) is 50.4 cm³/mol. The lowest BCUT2D eigenvalue weighted by molar-refractivity contribution is 0.590. The Labute approximate surface area is 84.5 Å². The summed E-state index contributed by atoms with van der Waals surface area (Å²) in [4.78, 5) is 0.877. The molecule has 1 aliphatic rings. The van der Waals surface area contributed by atoms with Crippen molar-refractivity contribution < 1.29 is 8.42 Å². The Morgan fingerprint density at radius 1 is 1.62 bits per heavy atom. The van der Waals surface area contributed by atoms with Crippen molar-refractivity contribution in [2.45, 2.75) is 24.0 Å². The molecule has 0 saturated heterocycles. The van der Waals surface area contributed by atoms with Gasteiger partial charge < -0.3 is 0 Å². The topological polar surface area (TPSA) is 59.9 Å². The first-order valence-electron chi connectivity index (χ1n) is 3.74. The monoisotopic (exact) mass is 238 g/mol. The molecule has 0 aromatic carbocycles. The molecule has 7 heteroatoms. The van der Waals surface area contributed by atoms with Gasteiger partial charge in [0.15, 0.2) is 0 Å². The van der Waals surface area contributed by atoms with Crippen LogP contribution >= 0.6 is 22.2 Å². The minimum Gasteiger partial charge on any atom is -0.212 e. The lowest BCUT2D eigenvalue weighted by atomic mass is 10.2. The Bertz CT molecular complexity index is 396. The highest BCUT2D eigenvalue weighted by molar-refractivity contribution is 8.15. The van der Waals surface area contributed by atoms with Crippen LogP contribution in [0.2, 0.25) is 0 Å². The van der Waals surface area contributed by atoms with Gasteiger partial charge in [-0.25, -0.2) is 8.42 Å². The predicted octanol–water partition coefficient (Wildman–Crippen LogP) is 1.18.